The number of rotatable bonds is 3. The molecular weight excluding hydrogens is 249 g/mol. The van der Waals surface area contributed by atoms with Crippen molar-refractivity contribution in [1.29, 1.82) is 0 Å². The minimum Gasteiger partial charge on any atom is -0.271 e. The Morgan fingerprint density at radius 3 is 3.06 bits per heavy atom. The van der Waals surface area contributed by atoms with Gasteiger partial charge in [-0.25, -0.2) is 9.82 Å². The minimum atomic E-state index is -0.325. The van der Waals surface area contributed by atoms with Gasteiger partial charge in [-0.3, -0.25) is 10.8 Å². The van der Waals surface area contributed by atoms with Gasteiger partial charge in [0.25, 0.3) is 0 Å². The van der Waals surface area contributed by atoms with E-state index in [2.05, 4.69) is 16.5 Å². The smallest absolute Gasteiger partial charge is 0.146 e. The Bertz CT molecular complexity index is 546. The number of hydrogen-bond donors (Lipinski definition) is 2. The van der Waals surface area contributed by atoms with Crippen molar-refractivity contribution < 1.29 is 4.39 Å². The molecule has 3 rings (SSSR count). The predicted molar refractivity (Wildman–Crippen MR) is 69.7 cm³/mol. The average Bonchev–Trinajstić information content (AvgIpc) is 2.93. The maximum absolute atomic E-state index is 13.8. The summed E-state index contributed by atoms with van der Waals surface area (Å²) in [5, 5.41) is 0. The van der Waals surface area contributed by atoms with Crippen LogP contribution in [0.5, 0.6) is 0 Å². The molecule has 0 bridgehead atoms. The molecule has 0 saturated carbocycles. The number of aryl methyl sites for hydroxylation is 2. The van der Waals surface area contributed by atoms with Gasteiger partial charge < -0.3 is 0 Å². The zero-order valence-corrected chi connectivity index (χ0v) is 10.6. The zero-order valence-electron chi connectivity index (χ0n) is 9.82. The lowest BCUT2D eigenvalue weighted by Gasteiger charge is -2.15. The van der Waals surface area contributed by atoms with Gasteiger partial charge in [0.1, 0.15) is 5.82 Å². The molecule has 0 amide bonds. The van der Waals surface area contributed by atoms with E-state index in [-0.39, 0.29) is 11.9 Å². The van der Waals surface area contributed by atoms with Gasteiger partial charge in [0, 0.05) is 21.5 Å². The molecule has 3 N–H and O–H groups in total. The fourth-order valence-electron chi connectivity index (χ4n) is 2.44. The van der Waals surface area contributed by atoms with E-state index in [1.165, 1.54) is 23.1 Å². The second-order valence-electron chi connectivity index (χ2n) is 4.45. The summed E-state index contributed by atoms with van der Waals surface area (Å²) in [5.74, 6) is 5.27. The molecule has 94 valence electrons. The lowest BCUT2D eigenvalue weighted by atomic mass is 10.1. The molecule has 1 atom stereocenters. The molecule has 1 aliphatic carbocycles. The first-order chi connectivity index (χ1) is 8.79. The molecule has 0 aromatic carbocycles. The fourth-order valence-corrected chi connectivity index (χ4v) is 3.78. The van der Waals surface area contributed by atoms with Crippen molar-refractivity contribution in [2.45, 2.75) is 25.3 Å². The van der Waals surface area contributed by atoms with Crippen LogP contribution in [0.4, 0.5) is 4.39 Å². The second kappa shape index (κ2) is 4.76. The Kier molecular flexibility index (Phi) is 3.11. The lowest BCUT2D eigenvalue weighted by molar-refractivity contribution is 0.559. The Morgan fingerprint density at radius 2 is 2.33 bits per heavy atom. The SMILES string of the molecule is NNC(c1cc2c(s1)CCC2)c1ccncc1F. The van der Waals surface area contributed by atoms with E-state index >= 15 is 0 Å². The highest BCUT2D eigenvalue weighted by molar-refractivity contribution is 7.12. The van der Waals surface area contributed by atoms with Crippen molar-refractivity contribution in [2.24, 2.45) is 5.84 Å². The first kappa shape index (κ1) is 11.8. The van der Waals surface area contributed by atoms with Crippen molar-refractivity contribution in [3.8, 4) is 0 Å². The summed E-state index contributed by atoms with van der Waals surface area (Å²) >= 11 is 1.73. The monoisotopic (exact) mass is 263 g/mol. The molecule has 18 heavy (non-hydrogen) atoms. The molecule has 0 spiro atoms. The largest absolute Gasteiger partial charge is 0.271 e. The van der Waals surface area contributed by atoms with Gasteiger partial charge in [0.15, 0.2) is 0 Å². The summed E-state index contributed by atoms with van der Waals surface area (Å²) in [5.41, 5.74) is 4.65. The van der Waals surface area contributed by atoms with Crippen LogP contribution < -0.4 is 11.3 Å². The summed E-state index contributed by atoms with van der Waals surface area (Å²) in [6.07, 6.45) is 6.30. The van der Waals surface area contributed by atoms with Crippen molar-refractivity contribution in [3.63, 3.8) is 0 Å². The van der Waals surface area contributed by atoms with Gasteiger partial charge in [-0.05, 0) is 37.0 Å². The standard InChI is InChI=1S/C13H14FN3S/c14-10-7-16-5-4-9(10)13(17-15)12-6-8-2-1-3-11(8)18-12/h4-7,13,17H,1-3,15H2. The van der Waals surface area contributed by atoms with E-state index < -0.39 is 0 Å². The molecule has 2 heterocycles. The number of thiophene rings is 1. The number of hydrogen-bond acceptors (Lipinski definition) is 4. The molecule has 0 fully saturated rings. The number of hydrazine groups is 1. The van der Waals surface area contributed by atoms with Crippen molar-refractivity contribution >= 4 is 11.3 Å². The van der Waals surface area contributed by atoms with Gasteiger partial charge >= 0.3 is 0 Å². The third-order valence-corrected chi connectivity index (χ3v) is 4.63. The van der Waals surface area contributed by atoms with Gasteiger partial charge in [-0.15, -0.1) is 11.3 Å². The Labute approximate surface area is 109 Å². The van der Waals surface area contributed by atoms with E-state index in [1.54, 1.807) is 23.6 Å². The molecule has 2 aromatic rings. The lowest BCUT2D eigenvalue weighted by Crippen LogP contribution is -2.29. The maximum atomic E-state index is 13.8. The Morgan fingerprint density at radius 1 is 1.44 bits per heavy atom. The van der Waals surface area contributed by atoms with Gasteiger partial charge in [0.05, 0.1) is 12.2 Å². The van der Waals surface area contributed by atoms with Gasteiger partial charge in [-0.1, -0.05) is 0 Å². The molecular formula is C13H14FN3S. The topological polar surface area (TPSA) is 50.9 Å². The Hall–Kier alpha value is -1.30. The highest BCUT2D eigenvalue weighted by Crippen LogP contribution is 2.36. The molecule has 2 aromatic heterocycles. The minimum absolute atomic E-state index is 0.288. The van der Waals surface area contributed by atoms with Crippen LogP contribution >= 0.6 is 11.3 Å². The quantitative estimate of drug-likeness (QED) is 0.660. The predicted octanol–water partition coefficient (Wildman–Crippen LogP) is 2.32. The summed E-state index contributed by atoms with van der Waals surface area (Å²) in [4.78, 5) is 6.26. The zero-order chi connectivity index (χ0) is 12.5. The number of aromatic nitrogens is 1. The fraction of sp³-hybridized carbons (Fsp3) is 0.308. The molecule has 0 aliphatic heterocycles. The summed E-state index contributed by atoms with van der Waals surface area (Å²) in [6, 6.07) is 3.53. The second-order valence-corrected chi connectivity index (χ2v) is 5.62. The number of nitrogens with one attached hydrogen (secondary N) is 1. The van der Waals surface area contributed by atoms with Crippen LogP contribution in [0.2, 0.25) is 0 Å². The van der Waals surface area contributed by atoms with E-state index in [0.717, 1.165) is 17.7 Å². The summed E-state index contributed by atoms with van der Waals surface area (Å²) in [7, 11) is 0. The number of halogens is 1. The highest BCUT2D eigenvalue weighted by atomic mass is 32.1. The molecule has 0 radical (unpaired) electrons. The number of fused-ring (bicyclic) bond motifs is 1. The van der Waals surface area contributed by atoms with E-state index in [1.807, 2.05) is 0 Å². The molecule has 1 unspecified atom stereocenters. The van der Waals surface area contributed by atoms with Crippen LogP contribution in [0, 0.1) is 5.82 Å². The molecule has 5 heteroatoms. The van der Waals surface area contributed by atoms with Crippen molar-refractivity contribution in [1.82, 2.24) is 10.4 Å². The van der Waals surface area contributed by atoms with Crippen LogP contribution in [0.25, 0.3) is 0 Å². The number of pyridine rings is 1. The summed E-state index contributed by atoms with van der Waals surface area (Å²) < 4.78 is 13.8. The van der Waals surface area contributed by atoms with Crippen LogP contribution in [0.1, 0.15) is 33.3 Å². The normalized spacial score (nSPS) is 15.7. The van der Waals surface area contributed by atoms with Crippen LogP contribution in [-0.4, -0.2) is 4.98 Å². The van der Waals surface area contributed by atoms with Crippen LogP contribution in [-0.2, 0) is 12.8 Å². The van der Waals surface area contributed by atoms with Crippen LogP contribution in [0.15, 0.2) is 24.5 Å². The van der Waals surface area contributed by atoms with Crippen molar-refractivity contribution in [2.75, 3.05) is 0 Å². The third-order valence-electron chi connectivity index (χ3n) is 3.33. The Balaban J connectivity index is 1.99. The van der Waals surface area contributed by atoms with Crippen LogP contribution in [0.3, 0.4) is 0 Å². The van der Waals surface area contributed by atoms with Gasteiger partial charge in [0.2, 0.25) is 0 Å². The van der Waals surface area contributed by atoms with Gasteiger partial charge in [-0.2, -0.15) is 0 Å². The van der Waals surface area contributed by atoms with E-state index in [9.17, 15) is 4.39 Å². The first-order valence-corrected chi connectivity index (χ1v) is 6.78. The maximum Gasteiger partial charge on any atom is 0.146 e. The average molecular weight is 263 g/mol. The third kappa shape index (κ3) is 1.94. The summed E-state index contributed by atoms with van der Waals surface area (Å²) in [6.45, 7) is 0. The molecule has 3 nitrogen and oxygen atoms in total. The number of nitrogens with zero attached hydrogens (tertiary/aromatic N) is 1. The van der Waals surface area contributed by atoms with E-state index in [4.69, 9.17) is 5.84 Å². The molecule has 1 aliphatic rings. The molecule has 0 saturated heterocycles. The highest BCUT2D eigenvalue weighted by Gasteiger charge is 2.22. The van der Waals surface area contributed by atoms with Crippen molar-refractivity contribution in [3.05, 3.63) is 51.2 Å². The number of nitrogens with two attached hydrogens (primary N) is 1. The van der Waals surface area contributed by atoms with E-state index in [0.29, 0.717) is 5.56 Å². The first-order valence-electron chi connectivity index (χ1n) is 5.96.